The van der Waals surface area contributed by atoms with Crippen LogP contribution in [-0.4, -0.2) is 12.6 Å². The first-order valence-corrected chi connectivity index (χ1v) is 10.5. The Labute approximate surface area is 144 Å². The number of esters is 1. The highest BCUT2D eigenvalue weighted by atomic mass is 16.5. The molecule has 0 saturated heterocycles. The Morgan fingerprint density at radius 2 is 1.35 bits per heavy atom. The molecule has 23 heavy (non-hydrogen) atoms. The van der Waals surface area contributed by atoms with Gasteiger partial charge in [-0.25, -0.2) is 0 Å². The average Bonchev–Trinajstić information content (AvgIpc) is 3.37. The molecular formula is C21H40O2. The van der Waals surface area contributed by atoms with E-state index >= 15 is 0 Å². The smallest absolute Gasteiger partial charge is 0.305 e. The Balaban J connectivity index is 1.70. The largest absolute Gasteiger partial charge is 0.466 e. The van der Waals surface area contributed by atoms with Crippen LogP contribution in [-0.2, 0) is 9.53 Å². The molecule has 0 heterocycles. The number of ether oxygens (including phenoxy) is 1. The summed E-state index contributed by atoms with van der Waals surface area (Å²) >= 11 is 0. The van der Waals surface area contributed by atoms with Crippen molar-refractivity contribution < 1.29 is 9.53 Å². The summed E-state index contributed by atoms with van der Waals surface area (Å²) in [6, 6.07) is 0. The van der Waals surface area contributed by atoms with Crippen molar-refractivity contribution in [3.05, 3.63) is 0 Å². The number of carbonyl (C=O) groups is 1. The average molecular weight is 325 g/mol. The zero-order valence-corrected chi connectivity index (χ0v) is 15.6. The predicted molar refractivity (Wildman–Crippen MR) is 98.6 cm³/mol. The Kier molecular flexibility index (Phi) is 13.4. The molecule has 0 aromatic heterocycles. The first-order chi connectivity index (χ1) is 11.3. The second-order valence-corrected chi connectivity index (χ2v) is 7.45. The van der Waals surface area contributed by atoms with Gasteiger partial charge in [0.1, 0.15) is 0 Å². The quantitative estimate of drug-likeness (QED) is 0.217. The van der Waals surface area contributed by atoms with Crippen LogP contribution in [0, 0.1) is 5.92 Å². The van der Waals surface area contributed by atoms with E-state index in [9.17, 15) is 4.79 Å². The van der Waals surface area contributed by atoms with E-state index in [-0.39, 0.29) is 5.97 Å². The summed E-state index contributed by atoms with van der Waals surface area (Å²) in [5, 5.41) is 0. The SMILES string of the molecule is CCCCCCCCCCCCC(=O)OCCCCCC1CC1. The van der Waals surface area contributed by atoms with Gasteiger partial charge in [-0.3, -0.25) is 4.79 Å². The molecule has 0 aromatic carbocycles. The fraction of sp³-hybridized carbons (Fsp3) is 0.952. The van der Waals surface area contributed by atoms with Gasteiger partial charge in [-0.2, -0.15) is 0 Å². The molecule has 1 aliphatic rings. The van der Waals surface area contributed by atoms with Crippen molar-refractivity contribution in [2.24, 2.45) is 5.92 Å². The van der Waals surface area contributed by atoms with Gasteiger partial charge in [0.25, 0.3) is 0 Å². The van der Waals surface area contributed by atoms with Crippen LogP contribution < -0.4 is 0 Å². The van der Waals surface area contributed by atoms with Gasteiger partial charge in [0.15, 0.2) is 0 Å². The molecule has 1 fully saturated rings. The van der Waals surface area contributed by atoms with Gasteiger partial charge in [0, 0.05) is 6.42 Å². The highest BCUT2D eigenvalue weighted by Gasteiger charge is 2.19. The van der Waals surface area contributed by atoms with Crippen LogP contribution in [0.2, 0.25) is 0 Å². The zero-order chi connectivity index (χ0) is 16.6. The third-order valence-electron chi connectivity index (χ3n) is 4.95. The first kappa shape index (κ1) is 20.5. The van der Waals surface area contributed by atoms with Gasteiger partial charge >= 0.3 is 5.97 Å². The fourth-order valence-electron chi connectivity index (χ4n) is 3.13. The van der Waals surface area contributed by atoms with Gasteiger partial charge in [-0.05, 0) is 18.8 Å². The summed E-state index contributed by atoms with van der Waals surface area (Å²) in [5.74, 6) is 1.06. The molecule has 136 valence electrons. The molecule has 2 nitrogen and oxygen atoms in total. The van der Waals surface area contributed by atoms with Gasteiger partial charge in [0.2, 0.25) is 0 Å². The zero-order valence-electron chi connectivity index (χ0n) is 15.6. The van der Waals surface area contributed by atoms with Crippen LogP contribution >= 0.6 is 0 Å². The maximum Gasteiger partial charge on any atom is 0.305 e. The molecule has 1 saturated carbocycles. The fourth-order valence-corrected chi connectivity index (χ4v) is 3.13. The number of hydrogen-bond donors (Lipinski definition) is 0. The summed E-state index contributed by atoms with van der Waals surface area (Å²) in [7, 11) is 0. The molecule has 1 rings (SSSR count). The van der Waals surface area contributed by atoms with E-state index in [4.69, 9.17) is 4.74 Å². The van der Waals surface area contributed by atoms with Crippen molar-refractivity contribution in [3.63, 3.8) is 0 Å². The second-order valence-electron chi connectivity index (χ2n) is 7.45. The van der Waals surface area contributed by atoms with Crippen LogP contribution in [0.5, 0.6) is 0 Å². The van der Waals surface area contributed by atoms with E-state index in [0.717, 1.165) is 18.8 Å². The first-order valence-electron chi connectivity index (χ1n) is 10.5. The predicted octanol–water partition coefficient (Wildman–Crippen LogP) is 6.81. The lowest BCUT2D eigenvalue weighted by Gasteiger charge is -2.05. The van der Waals surface area contributed by atoms with Crippen LogP contribution in [0.4, 0.5) is 0 Å². The standard InChI is InChI=1S/C21H40O2/c1-2-3-4-5-6-7-8-9-10-13-16-21(22)23-19-14-11-12-15-20-17-18-20/h20H,2-19H2,1H3. The summed E-state index contributed by atoms with van der Waals surface area (Å²) in [4.78, 5) is 11.6. The Morgan fingerprint density at radius 3 is 1.96 bits per heavy atom. The van der Waals surface area contributed by atoms with E-state index in [1.54, 1.807) is 0 Å². The van der Waals surface area contributed by atoms with Crippen molar-refractivity contribution in [2.45, 2.75) is 116 Å². The molecule has 0 bridgehead atoms. The second kappa shape index (κ2) is 15.0. The topological polar surface area (TPSA) is 26.3 Å². The van der Waals surface area contributed by atoms with E-state index < -0.39 is 0 Å². The van der Waals surface area contributed by atoms with Crippen LogP contribution in [0.25, 0.3) is 0 Å². The van der Waals surface area contributed by atoms with Gasteiger partial charge < -0.3 is 4.74 Å². The minimum atomic E-state index is 0.0201. The molecule has 1 aliphatic carbocycles. The molecule has 0 spiro atoms. The molecule has 0 unspecified atom stereocenters. The maximum atomic E-state index is 11.6. The monoisotopic (exact) mass is 324 g/mol. The molecule has 2 heteroatoms. The van der Waals surface area contributed by atoms with Crippen molar-refractivity contribution in [1.82, 2.24) is 0 Å². The Morgan fingerprint density at radius 1 is 0.783 bits per heavy atom. The summed E-state index contributed by atoms with van der Waals surface area (Å²) < 4.78 is 5.31. The van der Waals surface area contributed by atoms with E-state index in [2.05, 4.69) is 6.92 Å². The highest BCUT2D eigenvalue weighted by Crippen LogP contribution is 2.33. The normalized spacial score (nSPS) is 14.1. The number of unbranched alkanes of at least 4 members (excludes halogenated alkanes) is 11. The molecular weight excluding hydrogens is 284 g/mol. The molecule has 0 atom stereocenters. The highest BCUT2D eigenvalue weighted by molar-refractivity contribution is 5.69. The Hall–Kier alpha value is -0.530. The molecule has 0 N–H and O–H groups in total. The van der Waals surface area contributed by atoms with Crippen LogP contribution in [0.3, 0.4) is 0 Å². The lowest BCUT2D eigenvalue weighted by molar-refractivity contribution is -0.143. The summed E-state index contributed by atoms with van der Waals surface area (Å²) in [5.41, 5.74) is 0. The van der Waals surface area contributed by atoms with Crippen LogP contribution in [0.1, 0.15) is 116 Å². The molecule has 0 aromatic rings. The van der Waals surface area contributed by atoms with Crippen LogP contribution in [0.15, 0.2) is 0 Å². The Bertz CT molecular complexity index is 271. The summed E-state index contributed by atoms with van der Waals surface area (Å²) in [6.07, 6.45) is 21.6. The molecule has 0 radical (unpaired) electrons. The van der Waals surface area contributed by atoms with Gasteiger partial charge in [-0.15, -0.1) is 0 Å². The van der Waals surface area contributed by atoms with Gasteiger partial charge in [0.05, 0.1) is 6.61 Å². The van der Waals surface area contributed by atoms with Crippen molar-refractivity contribution in [2.75, 3.05) is 6.61 Å². The lowest BCUT2D eigenvalue weighted by atomic mass is 10.1. The maximum absolute atomic E-state index is 11.6. The van der Waals surface area contributed by atoms with Crippen molar-refractivity contribution >= 4 is 5.97 Å². The third kappa shape index (κ3) is 14.8. The van der Waals surface area contributed by atoms with Crippen molar-refractivity contribution in [1.29, 1.82) is 0 Å². The molecule has 0 aliphatic heterocycles. The van der Waals surface area contributed by atoms with E-state index in [1.165, 1.54) is 89.9 Å². The number of carbonyl (C=O) groups excluding carboxylic acids is 1. The third-order valence-corrected chi connectivity index (χ3v) is 4.95. The van der Waals surface area contributed by atoms with E-state index in [1.807, 2.05) is 0 Å². The minimum absolute atomic E-state index is 0.0201. The van der Waals surface area contributed by atoms with Gasteiger partial charge in [-0.1, -0.05) is 96.8 Å². The van der Waals surface area contributed by atoms with E-state index in [0.29, 0.717) is 13.0 Å². The number of hydrogen-bond acceptors (Lipinski definition) is 2. The number of rotatable bonds is 17. The minimum Gasteiger partial charge on any atom is -0.466 e. The summed E-state index contributed by atoms with van der Waals surface area (Å²) in [6.45, 7) is 2.90. The van der Waals surface area contributed by atoms with Crippen molar-refractivity contribution in [3.8, 4) is 0 Å². The lowest BCUT2D eigenvalue weighted by Crippen LogP contribution is -2.05. The molecule has 0 amide bonds.